The van der Waals surface area contributed by atoms with E-state index >= 15 is 0 Å². The van der Waals surface area contributed by atoms with Gasteiger partial charge in [0.1, 0.15) is 11.5 Å². The van der Waals surface area contributed by atoms with Crippen molar-refractivity contribution in [3.63, 3.8) is 0 Å². The van der Waals surface area contributed by atoms with Crippen LogP contribution in [0.5, 0.6) is 11.5 Å². The van der Waals surface area contributed by atoms with Crippen molar-refractivity contribution in [2.75, 3.05) is 0 Å². The number of nitrogens with one attached hydrogen (secondary N) is 2. The molecule has 0 saturated carbocycles. The maximum absolute atomic E-state index is 6.27. The molecule has 0 saturated heterocycles. The topological polar surface area (TPSA) is 42.5 Å². The van der Waals surface area contributed by atoms with Crippen LogP contribution in [0.4, 0.5) is 0 Å². The second kappa shape index (κ2) is 6.42. The highest BCUT2D eigenvalue weighted by atomic mass is 16.5. The Morgan fingerprint density at radius 3 is 1.53 bits per heavy atom. The molecular weight excluding hydrogens is 372 g/mol. The predicted octanol–water partition coefficient (Wildman–Crippen LogP) is 4.90. The number of dihydropyridines is 2. The third kappa shape index (κ3) is 2.53. The molecule has 6 rings (SSSR count). The summed E-state index contributed by atoms with van der Waals surface area (Å²) in [5.74, 6) is 3.45. The Kier molecular flexibility index (Phi) is 3.69. The quantitative estimate of drug-likeness (QED) is 0.667. The molecule has 0 aliphatic carbocycles. The highest BCUT2D eigenvalue weighted by molar-refractivity contribution is 6.10. The number of ether oxygens (including phenoxy) is 2. The van der Waals surface area contributed by atoms with Gasteiger partial charge in [-0.15, -0.1) is 0 Å². The van der Waals surface area contributed by atoms with E-state index in [1.165, 1.54) is 11.1 Å². The van der Waals surface area contributed by atoms with Crippen molar-refractivity contribution in [3.8, 4) is 11.5 Å². The third-order valence-corrected chi connectivity index (χ3v) is 5.86. The van der Waals surface area contributed by atoms with Gasteiger partial charge in [0.2, 0.25) is 0 Å². The van der Waals surface area contributed by atoms with Crippen LogP contribution in [0.3, 0.4) is 0 Å². The zero-order valence-electron chi connectivity index (χ0n) is 16.9. The van der Waals surface area contributed by atoms with E-state index in [1.807, 2.05) is 36.7 Å². The lowest BCUT2D eigenvalue weighted by molar-refractivity contribution is 0.417. The van der Waals surface area contributed by atoms with Gasteiger partial charge in [-0.1, -0.05) is 48.6 Å². The van der Waals surface area contributed by atoms with Gasteiger partial charge < -0.3 is 20.1 Å². The first-order valence-corrected chi connectivity index (χ1v) is 10.4. The fourth-order valence-electron chi connectivity index (χ4n) is 4.50. The van der Waals surface area contributed by atoms with E-state index in [0.717, 1.165) is 45.3 Å². The van der Waals surface area contributed by atoms with E-state index in [-0.39, 0.29) is 12.1 Å². The monoisotopic (exact) mass is 394 g/mol. The van der Waals surface area contributed by atoms with E-state index in [9.17, 15) is 0 Å². The molecule has 30 heavy (non-hydrogen) atoms. The standard InChI is InChI=1S/C26H22N2O2/c1-15-11-19-23(13-27-15)29-21-9-5-3-7-17(21)25(19)26-18-8-4-6-10-22(18)30-24-14-28-16(2)12-20(24)26/h3-16,27-28H,1-2H3/b26-25+. The minimum atomic E-state index is 0.222. The molecule has 0 radical (unpaired) electrons. The number of allylic oxidation sites excluding steroid dienone is 2. The molecule has 0 aromatic heterocycles. The number of benzene rings is 2. The fraction of sp³-hybridized carbons (Fsp3) is 0.154. The number of hydrogen-bond donors (Lipinski definition) is 2. The summed E-state index contributed by atoms with van der Waals surface area (Å²) >= 11 is 0. The van der Waals surface area contributed by atoms with E-state index in [2.05, 4.69) is 60.9 Å². The van der Waals surface area contributed by atoms with Crippen molar-refractivity contribution in [3.05, 3.63) is 107 Å². The van der Waals surface area contributed by atoms with Gasteiger partial charge in [0.25, 0.3) is 0 Å². The summed E-state index contributed by atoms with van der Waals surface area (Å²) < 4.78 is 12.5. The van der Waals surface area contributed by atoms with Gasteiger partial charge in [-0.25, -0.2) is 0 Å². The zero-order valence-corrected chi connectivity index (χ0v) is 16.9. The Morgan fingerprint density at radius 2 is 1.07 bits per heavy atom. The van der Waals surface area contributed by atoms with Crippen molar-refractivity contribution in [1.82, 2.24) is 10.6 Å². The van der Waals surface area contributed by atoms with Gasteiger partial charge in [0.15, 0.2) is 11.5 Å². The lowest BCUT2D eigenvalue weighted by Crippen LogP contribution is -2.29. The number of fused-ring (bicyclic) bond motifs is 4. The van der Waals surface area contributed by atoms with E-state index in [0.29, 0.717) is 0 Å². The highest BCUT2D eigenvalue weighted by Gasteiger charge is 2.35. The van der Waals surface area contributed by atoms with Gasteiger partial charge in [-0.05, 0) is 26.0 Å². The Hall–Kier alpha value is -3.66. The molecule has 2 aromatic rings. The molecule has 4 nitrogen and oxygen atoms in total. The second-order valence-electron chi connectivity index (χ2n) is 8.03. The van der Waals surface area contributed by atoms with Crippen LogP contribution in [0, 0.1) is 0 Å². The van der Waals surface area contributed by atoms with Crippen LogP contribution in [-0.4, -0.2) is 12.1 Å². The Balaban J connectivity index is 1.75. The SMILES string of the molecule is CC1C=C2C(=CN1)Oc1ccccc1/C2=C1\C2=CC(C)NC=C2Oc2ccccc21. The second-order valence-corrected chi connectivity index (χ2v) is 8.03. The molecule has 4 aliphatic heterocycles. The van der Waals surface area contributed by atoms with Crippen LogP contribution in [0.25, 0.3) is 11.1 Å². The van der Waals surface area contributed by atoms with Crippen LogP contribution < -0.4 is 20.1 Å². The Bertz CT molecular complexity index is 1130. The van der Waals surface area contributed by atoms with E-state index in [1.54, 1.807) is 0 Å². The summed E-state index contributed by atoms with van der Waals surface area (Å²) in [6.45, 7) is 4.30. The minimum absolute atomic E-state index is 0.222. The summed E-state index contributed by atoms with van der Waals surface area (Å²) in [7, 11) is 0. The predicted molar refractivity (Wildman–Crippen MR) is 118 cm³/mol. The first kappa shape index (κ1) is 17.2. The average Bonchev–Trinajstić information content (AvgIpc) is 2.76. The molecule has 148 valence electrons. The molecule has 2 atom stereocenters. The maximum Gasteiger partial charge on any atom is 0.150 e. The summed E-state index contributed by atoms with van der Waals surface area (Å²) in [5.41, 5.74) is 6.84. The normalized spacial score (nSPS) is 25.8. The van der Waals surface area contributed by atoms with Crippen molar-refractivity contribution in [2.24, 2.45) is 0 Å². The molecule has 2 aromatic carbocycles. The van der Waals surface area contributed by atoms with Crippen LogP contribution in [-0.2, 0) is 0 Å². The number of rotatable bonds is 0. The molecule has 4 heteroatoms. The van der Waals surface area contributed by atoms with Gasteiger partial charge in [0, 0.05) is 57.9 Å². The van der Waals surface area contributed by atoms with E-state index < -0.39 is 0 Å². The first-order chi connectivity index (χ1) is 14.7. The molecule has 0 amide bonds. The molecule has 0 fully saturated rings. The first-order valence-electron chi connectivity index (χ1n) is 10.4. The molecule has 4 aliphatic rings. The van der Waals surface area contributed by atoms with Crippen LogP contribution in [0.15, 0.2) is 95.7 Å². The number of hydrogen-bond acceptors (Lipinski definition) is 4. The average molecular weight is 394 g/mol. The maximum atomic E-state index is 6.27. The number of para-hydroxylation sites is 2. The van der Waals surface area contributed by atoms with E-state index in [4.69, 9.17) is 9.47 Å². The van der Waals surface area contributed by atoms with Crippen molar-refractivity contribution >= 4 is 11.1 Å². The highest BCUT2D eigenvalue weighted by Crippen LogP contribution is 2.52. The van der Waals surface area contributed by atoms with Crippen molar-refractivity contribution < 1.29 is 9.47 Å². The molecule has 0 spiro atoms. The van der Waals surface area contributed by atoms with Gasteiger partial charge >= 0.3 is 0 Å². The largest absolute Gasteiger partial charge is 0.455 e. The Labute approximate surface area is 175 Å². The summed E-state index contributed by atoms with van der Waals surface area (Å²) in [4.78, 5) is 0. The summed E-state index contributed by atoms with van der Waals surface area (Å²) in [5, 5.41) is 6.74. The van der Waals surface area contributed by atoms with Crippen molar-refractivity contribution in [2.45, 2.75) is 25.9 Å². The molecule has 2 N–H and O–H groups in total. The molecule has 0 bridgehead atoms. The van der Waals surface area contributed by atoms with Crippen LogP contribution >= 0.6 is 0 Å². The third-order valence-electron chi connectivity index (χ3n) is 5.86. The van der Waals surface area contributed by atoms with Crippen LogP contribution in [0.2, 0.25) is 0 Å². The van der Waals surface area contributed by atoms with Crippen molar-refractivity contribution in [1.29, 1.82) is 0 Å². The fourth-order valence-corrected chi connectivity index (χ4v) is 4.50. The smallest absolute Gasteiger partial charge is 0.150 e. The van der Waals surface area contributed by atoms with Gasteiger partial charge in [-0.3, -0.25) is 0 Å². The zero-order chi connectivity index (χ0) is 20.2. The molecule has 4 heterocycles. The minimum Gasteiger partial charge on any atom is -0.455 e. The summed E-state index contributed by atoms with van der Waals surface area (Å²) in [6.07, 6.45) is 8.47. The molecule has 2 unspecified atom stereocenters. The van der Waals surface area contributed by atoms with Gasteiger partial charge in [-0.2, -0.15) is 0 Å². The summed E-state index contributed by atoms with van der Waals surface area (Å²) in [6, 6.07) is 17.0. The lowest BCUT2D eigenvalue weighted by atomic mass is 9.79. The molecular formula is C26H22N2O2. The van der Waals surface area contributed by atoms with Crippen LogP contribution in [0.1, 0.15) is 25.0 Å². The van der Waals surface area contributed by atoms with Gasteiger partial charge in [0.05, 0.1) is 0 Å². The lowest BCUT2D eigenvalue weighted by Gasteiger charge is -2.35. The Morgan fingerprint density at radius 1 is 0.633 bits per heavy atom.